The first-order valence-electron chi connectivity index (χ1n) is 6.87. The van der Waals surface area contributed by atoms with Crippen LogP contribution in [-0.2, 0) is 0 Å². The first-order valence-corrected chi connectivity index (χ1v) is 6.87. The number of aryl methyl sites for hydroxylation is 1. The highest BCUT2D eigenvalue weighted by atomic mass is 16.1. The maximum absolute atomic E-state index is 11.4. The lowest BCUT2D eigenvalue weighted by molar-refractivity contribution is 0.100. The zero-order valence-corrected chi connectivity index (χ0v) is 11.4. The molecule has 5 nitrogen and oxygen atoms in total. The number of pyridine rings is 1. The molecule has 1 aromatic heterocycles. The molecule has 1 amide bonds. The predicted molar refractivity (Wildman–Crippen MR) is 76.0 cm³/mol. The van der Waals surface area contributed by atoms with Crippen LogP contribution in [-0.4, -0.2) is 23.0 Å². The van der Waals surface area contributed by atoms with E-state index in [0.29, 0.717) is 11.4 Å². The van der Waals surface area contributed by atoms with Gasteiger partial charge in [-0.3, -0.25) is 4.79 Å². The summed E-state index contributed by atoms with van der Waals surface area (Å²) in [5.74, 6) is 0.104. The maximum Gasteiger partial charge on any atom is 0.252 e. The van der Waals surface area contributed by atoms with Crippen LogP contribution in [0.5, 0.6) is 0 Å². The van der Waals surface area contributed by atoms with E-state index in [0.717, 1.165) is 25.0 Å². The smallest absolute Gasteiger partial charge is 0.252 e. The summed E-state index contributed by atoms with van der Waals surface area (Å²) in [7, 11) is 0. The van der Waals surface area contributed by atoms with Crippen molar-refractivity contribution in [1.29, 1.82) is 0 Å². The lowest BCUT2D eigenvalue weighted by atomic mass is 10.0. The van der Waals surface area contributed by atoms with Gasteiger partial charge in [0.2, 0.25) is 0 Å². The van der Waals surface area contributed by atoms with E-state index in [-0.39, 0.29) is 12.1 Å². The molecule has 0 saturated heterocycles. The number of nitrogens with zero attached hydrogens (tertiary/aromatic N) is 1. The minimum Gasteiger partial charge on any atom is -0.365 e. The SMILES string of the molecule is Cc1ccc(C(N)=O)c(NC2CCCCCC2N)n1. The van der Waals surface area contributed by atoms with Crippen LogP contribution in [0.15, 0.2) is 12.1 Å². The van der Waals surface area contributed by atoms with Crippen LogP contribution in [0.2, 0.25) is 0 Å². The second kappa shape index (κ2) is 6.02. The second-order valence-electron chi connectivity index (χ2n) is 5.27. The van der Waals surface area contributed by atoms with E-state index in [2.05, 4.69) is 10.3 Å². The molecule has 2 unspecified atom stereocenters. The van der Waals surface area contributed by atoms with Crippen LogP contribution >= 0.6 is 0 Å². The van der Waals surface area contributed by atoms with E-state index in [1.807, 2.05) is 6.92 Å². The van der Waals surface area contributed by atoms with Crippen molar-refractivity contribution in [2.45, 2.75) is 51.1 Å². The predicted octanol–water partition coefficient (Wildman–Crippen LogP) is 1.56. The average molecular weight is 262 g/mol. The van der Waals surface area contributed by atoms with Crippen LogP contribution in [0.3, 0.4) is 0 Å². The molecule has 0 spiro atoms. The summed E-state index contributed by atoms with van der Waals surface area (Å²) >= 11 is 0. The molecule has 1 fully saturated rings. The molecule has 5 N–H and O–H groups in total. The average Bonchev–Trinajstić information content (AvgIpc) is 2.55. The minimum absolute atomic E-state index is 0.102. The highest BCUT2D eigenvalue weighted by Crippen LogP contribution is 2.22. The van der Waals surface area contributed by atoms with Crippen LogP contribution in [0.4, 0.5) is 5.82 Å². The monoisotopic (exact) mass is 262 g/mol. The van der Waals surface area contributed by atoms with E-state index >= 15 is 0 Å². The summed E-state index contributed by atoms with van der Waals surface area (Å²) in [6.45, 7) is 1.89. The lowest BCUT2D eigenvalue weighted by Crippen LogP contribution is -2.40. The largest absolute Gasteiger partial charge is 0.365 e. The van der Waals surface area contributed by atoms with Gasteiger partial charge < -0.3 is 16.8 Å². The molecule has 0 aliphatic heterocycles. The number of carbonyl (C=O) groups excluding carboxylic acids is 1. The Morgan fingerprint density at radius 2 is 2.05 bits per heavy atom. The maximum atomic E-state index is 11.4. The Morgan fingerprint density at radius 1 is 1.32 bits per heavy atom. The van der Waals surface area contributed by atoms with Crippen molar-refractivity contribution in [3.63, 3.8) is 0 Å². The quantitative estimate of drug-likeness (QED) is 0.720. The van der Waals surface area contributed by atoms with Gasteiger partial charge in [0.1, 0.15) is 5.82 Å². The van der Waals surface area contributed by atoms with E-state index in [4.69, 9.17) is 11.5 Å². The van der Waals surface area contributed by atoms with E-state index in [1.54, 1.807) is 12.1 Å². The van der Waals surface area contributed by atoms with Crippen molar-refractivity contribution in [2.24, 2.45) is 11.5 Å². The molecule has 0 radical (unpaired) electrons. The van der Waals surface area contributed by atoms with E-state index in [1.165, 1.54) is 12.8 Å². The van der Waals surface area contributed by atoms with Gasteiger partial charge in [-0.2, -0.15) is 0 Å². The van der Waals surface area contributed by atoms with Crippen LogP contribution in [0, 0.1) is 6.92 Å². The fraction of sp³-hybridized carbons (Fsp3) is 0.571. The molecule has 5 heteroatoms. The summed E-state index contributed by atoms with van der Waals surface area (Å²) in [6.07, 6.45) is 5.56. The molecule has 2 rings (SSSR count). The third-order valence-electron chi connectivity index (χ3n) is 3.69. The van der Waals surface area contributed by atoms with E-state index < -0.39 is 5.91 Å². The lowest BCUT2D eigenvalue weighted by Gasteiger charge is -2.24. The molecule has 19 heavy (non-hydrogen) atoms. The zero-order valence-electron chi connectivity index (χ0n) is 11.4. The molecule has 1 aliphatic rings. The zero-order chi connectivity index (χ0) is 13.8. The summed E-state index contributed by atoms with van der Waals surface area (Å²) in [5, 5.41) is 3.32. The Labute approximate surface area is 113 Å². The summed E-state index contributed by atoms with van der Waals surface area (Å²) in [4.78, 5) is 15.8. The molecule has 1 aliphatic carbocycles. The third kappa shape index (κ3) is 3.44. The topological polar surface area (TPSA) is 94.0 Å². The number of hydrogen-bond acceptors (Lipinski definition) is 4. The number of amides is 1. The molecule has 1 heterocycles. The number of nitrogens with two attached hydrogens (primary N) is 2. The minimum atomic E-state index is -0.461. The standard InChI is InChI=1S/C14H22N4O/c1-9-7-8-10(13(16)19)14(17-9)18-12-6-4-2-3-5-11(12)15/h7-8,11-12H,2-6,15H2,1H3,(H2,16,19)(H,17,18). The fourth-order valence-electron chi connectivity index (χ4n) is 2.56. The van der Waals surface area contributed by atoms with Gasteiger partial charge in [0.25, 0.3) is 5.91 Å². The number of primary amides is 1. The number of aromatic nitrogens is 1. The van der Waals surface area contributed by atoms with Crippen LogP contribution in [0.1, 0.15) is 48.2 Å². The molecule has 104 valence electrons. The Morgan fingerprint density at radius 3 is 2.79 bits per heavy atom. The van der Waals surface area contributed by atoms with E-state index in [9.17, 15) is 4.79 Å². The number of carbonyl (C=O) groups is 1. The van der Waals surface area contributed by atoms with Crippen molar-refractivity contribution in [3.05, 3.63) is 23.4 Å². The van der Waals surface area contributed by atoms with Gasteiger partial charge in [-0.05, 0) is 31.9 Å². The van der Waals surface area contributed by atoms with Gasteiger partial charge >= 0.3 is 0 Å². The summed E-state index contributed by atoms with van der Waals surface area (Å²) in [6, 6.07) is 3.77. The molecule has 0 bridgehead atoms. The number of hydrogen-bond donors (Lipinski definition) is 3. The Kier molecular flexibility index (Phi) is 4.37. The molecule has 0 aromatic carbocycles. The van der Waals surface area contributed by atoms with Gasteiger partial charge in [-0.1, -0.05) is 19.3 Å². The Hall–Kier alpha value is -1.62. The number of rotatable bonds is 3. The molecule has 1 aromatic rings. The van der Waals surface area contributed by atoms with Gasteiger partial charge in [-0.25, -0.2) is 4.98 Å². The Bertz CT molecular complexity index is 461. The van der Waals surface area contributed by atoms with Crippen LogP contribution in [0.25, 0.3) is 0 Å². The van der Waals surface area contributed by atoms with Crippen molar-refractivity contribution in [2.75, 3.05) is 5.32 Å². The van der Waals surface area contributed by atoms with Gasteiger partial charge in [0, 0.05) is 17.8 Å². The number of nitrogens with one attached hydrogen (secondary N) is 1. The van der Waals surface area contributed by atoms with Crippen molar-refractivity contribution in [1.82, 2.24) is 4.98 Å². The molecular weight excluding hydrogens is 240 g/mol. The van der Waals surface area contributed by atoms with Crippen LogP contribution < -0.4 is 16.8 Å². The summed E-state index contributed by atoms with van der Waals surface area (Å²) < 4.78 is 0. The van der Waals surface area contributed by atoms with Gasteiger partial charge in [-0.15, -0.1) is 0 Å². The third-order valence-corrected chi connectivity index (χ3v) is 3.69. The van der Waals surface area contributed by atoms with Crippen molar-refractivity contribution < 1.29 is 4.79 Å². The molecular formula is C14H22N4O. The number of anilines is 1. The fourth-order valence-corrected chi connectivity index (χ4v) is 2.56. The van der Waals surface area contributed by atoms with Crippen molar-refractivity contribution in [3.8, 4) is 0 Å². The Balaban J connectivity index is 2.21. The highest BCUT2D eigenvalue weighted by Gasteiger charge is 2.22. The highest BCUT2D eigenvalue weighted by molar-refractivity contribution is 5.97. The molecule has 1 saturated carbocycles. The first-order chi connectivity index (χ1) is 9.08. The first kappa shape index (κ1) is 13.8. The van der Waals surface area contributed by atoms with Crippen molar-refractivity contribution >= 4 is 11.7 Å². The normalized spacial score (nSPS) is 23.7. The van der Waals surface area contributed by atoms with Gasteiger partial charge in [0.15, 0.2) is 0 Å². The second-order valence-corrected chi connectivity index (χ2v) is 5.27. The van der Waals surface area contributed by atoms with Gasteiger partial charge in [0.05, 0.1) is 5.56 Å². The molecule has 2 atom stereocenters. The summed E-state index contributed by atoms with van der Waals surface area (Å²) in [5.41, 5.74) is 12.9.